The van der Waals surface area contributed by atoms with Crippen LogP contribution in [0, 0.1) is 5.92 Å². The second-order valence-corrected chi connectivity index (χ2v) is 5.74. The Morgan fingerprint density at radius 1 is 1.47 bits per heavy atom. The molecule has 0 bridgehead atoms. The van der Waals surface area contributed by atoms with E-state index in [9.17, 15) is 4.79 Å². The van der Waals surface area contributed by atoms with Crippen molar-refractivity contribution in [2.24, 2.45) is 5.92 Å². The zero-order chi connectivity index (χ0) is 12.3. The molecule has 0 spiro atoms. The van der Waals surface area contributed by atoms with Gasteiger partial charge < -0.3 is 4.74 Å². The highest BCUT2D eigenvalue weighted by Crippen LogP contribution is 2.38. The summed E-state index contributed by atoms with van der Waals surface area (Å²) in [7, 11) is 1.41. The normalized spacial score (nSPS) is 24.6. The number of esters is 1. The molecule has 94 valence electrons. The van der Waals surface area contributed by atoms with Gasteiger partial charge in [0.25, 0.3) is 0 Å². The van der Waals surface area contributed by atoms with Gasteiger partial charge in [0.2, 0.25) is 0 Å². The molecular formula is C13H19NO2S. The molecule has 1 saturated carbocycles. The van der Waals surface area contributed by atoms with Gasteiger partial charge in [-0.2, -0.15) is 0 Å². The van der Waals surface area contributed by atoms with Crippen molar-refractivity contribution >= 4 is 17.3 Å². The average molecular weight is 253 g/mol. The third-order valence-corrected chi connectivity index (χ3v) is 4.82. The second kappa shape index (κ2) is 5.63. The molecule has 0 atom stereocenters. The molecule has 1 aliphatic carbocycles. The first kappa shape index (κ1) is 12.6. The van der Waals surface area contributed by atoms with Crippen molar-refractivity contribution in [3.63, 3.8) is 0 Å². The molecule has 1 aliphatic rings. The zero-order valence-electron chi connectivity index (χ0n) is 10.4. The van der Waals surface area contributed by atoms with E-state index in [2.05, 4.69) is 11.9 Å². The summed E-state index contributed by atoms with van der Waals surface area (Å²) in [5, 5.41) is 1.11. The predicted molar refractivity (Wildman–Crippen MR) is 68.4 cm³/mol. The van der Waals surface area contributed by atoms with Crippen LogP contribution in [0.2, 0.25) is 0 Å². The molecule has 0 radical (unpaired) electrons. The van der Waals surface area contributed by atoms with Crippen molar-refractivity contribution < 1.29 is 9.53 Å². The number of carbonyl (C=O) groups is 1. The Hall–Kier alpha value is -0.900. The molecule has 0 aromatic carbocycles. The summed E-state index contributed by atoms with van der Waals surface area (Å²) in [6.45, 7) is 2.27. The largest absolute Gasteiger partial charge is 0.465 e. The van der Waals surface area contributed by atoms with Crippen LogP contribution in [0.4, 0.5) is 0 Å². The molecule has 1 aromatic rings. The fourth-order valence-corrected chi connectivity index (χ4v) is 3.49. The fourth-order valence-electron chi connectivity index (χ4n) is 2.49. The Balaban J connectivity index is 1.99. The molecule has 1 aromatic heterocycles. The van der Waals surface area contributed by atoms with Gasteiger partial charge in [-0.05, 0) is 31.6 Å². The van der Waals surface area contributed by atoms with E-state index in [1.807, 2.05) is 0 Å². The second-order valence-electron chi connectivity index (χ2n) is 4.68. The SMILES string of the molecule is CCC1CCC(c2ncc(C(=O)OC)s2)CC1. The van der Waals surface area contributed by atoms with Crippen molar-refractivity contribution in [3.8, 4) is 0 Å². The van der Waals surface area contributed by atoms with E-state index >= 15 is 0 Å². The van der Waals surface area contributed by atoms with E-state index < -0.39 is 0 Å². The van der Waals surface area contributed by atoms with E-state index in [1.165, 1.54) is 50.6 Å². The summed E-state index contributed by atoms with van der Waals surface area (Å²) in [6.07, 6.45) is 7.97. The molecule has 2 rings (SSSR count). The van der Waals surface area contributed by atoms with Crippen LogP contribution < -0.4 is 0 Å². The monoisotopic (exact) mass is 253 g/mol. The highest BCUT2D eigenvalue weighted by atomic mass is 32.1. The van der Waals surface area contributed by atoms with Crippen LogP contribution in [0.3, 0.4) is 0 Å². The molecule has 4 heteroatoms. The van der Waals surface area contributed by atoms with Crippen LogP contribution in [0.1, 0.15) is 59.6 Å². The summed E-state index contributed by atoms with van der Waals surface area (Å²) < 4.78 is 4.70. The lowest BCUT2D eigenvalue weighted by Gasteiger charge is -2.26. The number of rotatable bonds is 3. The molecule has 3 nitrogen and oxygen atoms in total. The summed E-state index contributed by atoms with van der Waals surface area (Å²) in [4.78, 5) is 16.4. The van der Waals surface area contributed by atoms with E-state index in [4.69, 9.17) is 4.74 Å². The quantitative estimate of drug-likeness (QED) is 0.772. The topological polar surface area (TPSA) is 39.2 Å². The van der Waals surface area contributed by atoms with Crippen LogP contribution in [0.15, 0.2) is 6.20 Å². The van der Waals surface area contributed by atoms with Gasteiger partial charge in [0.05, 0.1) is 18.3 Å². The molecular weight excluding hydrogens is 234 g/mol. The number of nitrogens with zero attached hydrogens (tertiary/aromatic N) is 1. The highest BCUT2D eigenvalue weighted by Gasteiger charge is 2.24. The highest BCUT2D eigenvalue weighted by molar-refractivity contribution is 7.13. The average Bonchev–Trinajstić information content (AvgIpc) is 2.87. The van der Waals surface area contributed by atoms with Gasteiger partial charge in [-0.1, -0.05) is 13.3 Å². The van der Waals surface area contributed by atoms with Crippen molar-refractivity contribution in [3.05, 3.63) is 16.1 Å². The summed E-state index contributed by atoms with van der Waals surface area (Å²) >= 11 is 1.50. The summed E-state index contributed by atoms with van der Waals surface area (Å²) in [6, 6.07) is 0. The lowest BCUT2D eigenvalue weighted by Crippen LogP contribution is -2.12. The maximum absolute atomic E-state index is 11.4. The molecule has 0 unspecified atom stereocenters. The molecule has 0 aliphatic heterocycles. The Bertz CT molecular complexity index is 381. The smallest absolute Gasteiger partial charge is 0.349 e. The first-order valence-corrected chi connectivity index (χ1v) is 7.10. The van der Waals surface area contributed by atoms with Gasteiger partial charge in [0.15, 0.2) is 0 Å². The van der Waals surface area contributed by atoms with Gasteiger partial charge in [-0.25, -0.2) is 9.78 Å². The number of hydrogen-bond acceptors (Lipinski definition) is 4. The third kappa shape index (κ3) is 2.86. The van der Waals surface area contributed by atoms with E-state index in [1.54, 1.807) is 6.20 Å². The van der Waals surface area contributed by atoms with Gasteiger partial charge >= 0.3 is 5.97 Å². The zero-order valence-corrected chi connectivity index (χ0v) is 11.3. The van der Waals surface area contributed by atoms with Crippen molar-refractivity contribution in [1.82, 2.24) is 4.98 Å². The van der Waals surface area contributed by atoms with E-state index in [0.717, 1.165) is 10.9 Å². The standard InChI is InChI=1S/C13H19NO2S/c1-3-9-4-6-10(7-5-9)12-14-8-11(17-12)13(15)16-2/h8-10H,3-7H2,1-2H3. The predicted octanol–water partition coefficient (Wildman–Crippen LogP) is 3.61. The third-order valence-electron chi connectivity index (χ3n) is 3.68. The lowest BCUT2D eigenvalue weighted by molar-refractivity contribution is 0.0606. The number of aromatic nitrogens is 1. The van der Waals surface area contributed by atoms with Crippen molar-refractivity contribution in [2.75, 3.05) is 7.11 Å². The molecule has 0 saturated heterocycles. The maximum Gasteiger partial charge on any atom is 0.349 e. The molecule has 1 heterocycles. The number of methoxy groups -OCH3 is 1. The summed E-state index contributed by atoms with van der Waals surface area (Å²) in [5.41, 5.74) is 0. The number of hydrogen-bond donors (Lipinski definition) is 0. The van der Waals surface area contributed by atoms with Gasteiger partial charge in [-0.3, -0.25) is 0 Å². The van der Waals surface area contributed by atoms with Crippen LogP contribution in [-0.4, -0.2) is 18.1 Å². The Kier molecular flexibility index (Phi) is 4.15. The first-order valence-electron chi connectivity index (χ1n) is 6.28. The van der Waals surface area contributed by atoms with Crippen LogP contribution >= 0.6 is 11.3 Å². The molecule has 1 fully saturated rings. The Morgan fingerprint density at radius 2 is 2.18 bits per heavy atom. The van der Waals surface area contributed by atoms with Gasteiger partial charge in [0.1, 0.15) is 4.88 Å². The first-order chi connectivity index (χ1) is 8.24. The molecule has 0 amide bonds. The summed E-state index contributed by atoms with van der Waals surface area (Å²) in [5.74, 6) is 1.18. The van der Waals surface area contributed by atoms with Crippen LogP contribution in [0.25, 0.3) is 0 Å². The minimum absolute atomic E-state index is 0.268. The van der Waals surface area contributed by atoms with Crippen molar-refractivity contribution in [2.45, 2.75) is 44.9 Å². The Morgan fingerprint density at radius 3 is 2.76 bits per heavy atom. The minimum atomic E-state index is -0.268. The van der Waals surface area contributed by atoms with Crippen molar-refractivity contribution in [1.29, 1.82) is 0 Å². The van der Waals surface area contributed by atoms with E-state index in [0.29, 0.717) is 10.8 Å². The lowest BCUT2D eigenvalue weighted by atomic mass is 9.81. The van der Waals surface area contributed by atoms with Gasteiger partial charge in [-0.15, -0.1) is 11.3 Å². The number of carbonyl (C=O) groups excluding carboxylic acids is 1. The Labute approximate surface area is 106 Å². The molecule has 0 N–H and O–H groups in total. The van der Waals surface area contributed by atoms with Gasteiger partial charge in [0, 0.05) is 5.92 Å². The molecule has 17 heavy (non-hydrogen) atoms. The maximum atomic E-state index is 11.4. The number of thiazole rings is 1. The number of ether oxygens (including phenoxy) is 1. The fraction of sp³-hybridized carbons (Fsp3) is 0.692. The van der Waals surface area contributed by atoms with E-state index in [-0.39, 0.29) is 5.97 Å². The minimum Gasteiger partial charge on any atom is -0.465 e. The van der Waals surface area contributed by atoms with Crippen LogP contribution in [-0.2, 0) is 4.74 Å². The van der Waals surface area contributed by atoms with Crippen LogP contribution in [0.5, 0.6) is 0 Å².